The third kappa shape index (κ3) is 1.93. The van der Waals surface area contributed by atoms with Crippen LogP contribution in [0, 0.1) is 0 Å². The molecule has 0 fully saturated rings. The van der Waals surface area contributed by atoms with Crippen molar-refractivity contribution in [1.82, 2.24) is 0 Å². The Morgan fingerprint density at radius 2 is 2.17 bits per heavy atom. The lowest BCUT2D eigenvalue weighted by Gasteiger charge is -2.04. The molecule has 64 valence electrons. The van der Waals surface area contributed by atoms with Crippen LogP contribution in [0.1, 0.15) is 5.56 Å². The van der Waals surface area contributed by atoms with Gasteiger partial charge in [-0.1, -0.05) is 18.2 Å². The molecule has 0 bridgehead atoms. The van der Waals surface area contributed by atoms with E-state index in [1.165, 1.54) is 6.07 Å². The van der Waals surface area contributed by atoms with Crippen molar-refractivity contribution in [3.63, 3.8) is 0 Å². The fourth-order valence-electron chi connectivity index (χ4n) is 0.863. The molecule has 0 radical (unpaired) electrons. The van der Waals surface area contributed by atoms with Gasteiger partial charge in [0.2, 0.25) is 0 Å². The second-order valence-corrected chi connectivity index (χ2v) is 3.10. The number of halogens is 2. The lowest BCUT2D eigenvalue weighted by molar-refractivity contribution is 0.473. The quantitative estimate of drug-likeness (QED) is 0.731. The van der Waals surface area contributed by atoms with Crippen molar-refractivity contribution < 1.29 is 5.11 Å². The zero-order valence-corrected chi connectivity index (χ0v) is 7.86. The average molecular weight is 203 g/mol. The monoisotopic (exact) mass is 202 g/mol. The summed E-state index contributed by atoms with van der Waals surface area (Å²) >= 11 is 11.3. The first-order chi connectivity index (χ1) is 5.65. The van der Waals surface area contributed by atoms with E-state index in [0.29, 0.717) is 16.2 Å². The van der Waals surface area contributed by atoms with Crippen molar-refractivity contribution in [2.24, 2.45) is 0 Å². The van der Waals surface area contributed by atoms with Crippen LogP contribution in [0.3, 0.4) is 0 Å². The Hall–Kier alpha value is -0.660. The van der Waals surface area contributed by atoms with Crippen LogP contribution < -0.4 is 0 Å². The summed E-state index contributed by atoms with van der Waals surface area (Å²) in [5, 5.41) is 9.92. The minimum atomic E-state index is 0.157. The summed E-state index contributed by atoms with van der Waals surface area (Å²) in [6, 6.07) is 4.78. The number of phenolic OH excluding ortho intramolecular Hbond substituents is 1. The molecule has 1 aromatic carbocycles. The van der Waals surface area contributed by atoms with Crippen LogP contribution in [0.4, 0.5) is 0 Å². The topological polar surface area (TPSA) is 20.2 Å². The largest absolute Gasteiger partial charge is 0.507 e. The van der Waals surface area contributed by atoms with Crippen molar-refractivity contribution in [1.29, 1.82) is 0 Å². The predicted octanol–water partition coefficient (Wildman–Crippen LogP) is 3.30. The highest BCUT2D eigenvalue weighted by atomic mass is 35.5. The number of alkyl halides is 1. The fraction of sp³-hybridized carbons (Fsp3) is 0.111. The van der Waals surface area contributed by atoms with Gasteiger partial charge in [-0.25, -0.2) is 0 Å². The van der Waals surface area contributed by atoms with Crippen LogP contribution in [0.15, 0.2) is 24.8 Å². The standard InChI is InChI=1S/C9H8Cl2O/c1-6(5-10)8-4-7(11)2-3-9(8)12/h2-4,12H,1,5H2. The van der Waals surface area contributed by atoms with Gasteiger partial charge in [-0.05, 0) is 23.8 Å². The molecule has 3 heteroatoms. The van der Waals surface area contributed by atoms with Crippen LogP contribution in [0.2, 0.25) is 5.02 Å². The Labute approximate surface area is 81.2 Å². The van der Waals surface area contributed by atoms with Gasteiger partial charge in [-0.2, -0.15) is 0 Å². The second kappa shape index (κ2) is 3.83. The number of hydrogen-bond donors (Lipinski definition) is 1. The van der Waals surface area contributed by atoms with Gasteiger partial charge in [-0.3, -0.25) is 0 Å². The third-order valence-corrected chi connectivity index (χ3v) is 2.06. The molecular weight excluding hydrogens is 195 g/mol. The third-order valence-electron chi connectivity index (χ3n) is 1.50. The zero-order valence-electron chi connectivity index (χ0n) is 6.35. The van der Waals surface area contributed by atoms with Crippen molar-refractivity contribution >= 4 is 28.8 Å². The first-order valence-corrected chi connectivity index (χ1v) is 4.29. The molecule has 0 saturated heterocycles. The van der Waals surface area contributed by atoms with Crippen molar-refractivity contribution in [2.75, 3.05) is 5.88 Å². The van der Waals surface area contributed by atoms with Crippen molar-refractivity contribution in [2.45, 2.75) is 0 Å². The highest BCUT2D eigenvalue weighted by molar-refractivity contribution is 6.31. The van der Waals surface area contributed by atoms with E-state index in [-0.39, 0.29) is 11.6 Å². The van der Waals surface area contributed by atoms with Gasteiger partial charge >= 0.3 is 0 Å². The highest BCUT2D eigenvalue weighted by Crippen LogP contribution is 2.27. The Morgan fingerprint density at radius 3 is 2.75 bits per heavy atom. The number of allylic oxidation sites excluding steroid dienone is 1. The summed E-state index contributed by atoms with van der Waals surface area (Å²) in [6.45, 7) is 3.69. The van der Waals surface area contributed by atoms with Crippen LogP contribution in [0.5, 0.6) is 5.75 Å². The molecule has 0 unspecified atom stereocenters. The lowest BCUT2D eigenvalue weighted by atomic mass is 10.1. The first-order valence-electron chi connectivity index (χ1n) is 3.37. The molecule has 1 N–H and O–H groups in total. The van der Waals surface area contributed by atoms with E-state index < -0.39 is 0 Å². The van der Waals surface area contributed by atoms with Crippen LogP contribution in [-0.4, -0.2) is 11.0 Å². The van der Waals surface area contributed by atoms with E-state index in [0.717, 1.165) is 0 Å². The van der Waals surface area contributed by atoms with Gasteiger partial charge in [0.05, 0.1) is 0 Å². The highest BCUT2D eigenvalue weighted by Gasteiger charge is 2.04. The summed E-state index contributed by atoms with van der Waals surface area (Å²) in [5.74, 6) is 0.443. The summed E-state index contributed by atoms with van der Waals surface area (Å²) in [4.78, 5) is 0. The molecule has 0 aromatic heterocycles. The van der Waals surface area contributed by atoms with E-state index in [1.54, 1.807) is 12.1 Å². The molecular formula is C9H8Cl2O. The van der Waals surface area contributed by atoms with Gasteiger partial charge in [0.25, 0.3) is 0 Å². The maximum Gasteiger partial charge on any atom is 0.123 e. The Bertz CT molecular complexity index is 307. The summed E-state index contributed by atoms with van der Waals surface area (Å²) in [6.07, 6.45) is 0. The molecule has 0 aliphatic rings. The number of rotatable bonds is 2. The van der Waals surface area contributed by atoms with Crippen LogP contribution in [0.25, 0.3) is 5.57 Å². The molecule has 1 rings (SSSR count). The van der Waals surface area contributed by atoms with E-state index in [1.807, 2.05) is 0 Å². The van der Waals surface area contributed by atoms with E-state index in [9.17, 15) is 5.11 Å². The fourth-order valence-corrected chi connectivity index (χ4v) is 1.18. The van der Waals surface area contributed by atoms with Crippen LogP contribution in [-0.2, 0) is 0 Å². The van der Waals surface area contributed by atoms with Gasteiger partial charge in [0.1, 0.15) is 5.75 Å². The molecule has 0 heterocycles. The Balaban J connectivity index is 3.13. The number of aromatic hydroxyl groups is 1. The van der Waals surface area contributed by atoms with Crippen molar-refractivity contribution in [3.05, 3.63) is 35.4 Å². The van der Waals surface area contributed by atoms with Crippen LogP contribution >= 0.6 is 23.2 Å². The number of benzene rings is 1. The smallest absolute Gasteiger partial charge is 0.123 e. The molecule has 1 nitrogen and oxygen atoms in total. The molecule has 1 aromatic rings. The average Bonchev–Trinajstić information content (AvgIpc) is 2.08. The lowest BCUT2D eigenvalue weighted by Crippen LogP contribution is -1.84. The first kappa shape index (κ1) is 9.43. The summed E-state index contributed by atoms with van der Waals surface area (Å²) in [7, 11) is 0. The summed E-state index contributed by atoms with van der Waals surface area (Å²) in [5.41, 5.74) is 1.27. The molecule has 0 atom stereocenters. The minimum absolute atomic E-state index is 0.157. The van der Waals surface area contributed by atoms with Gasteiger partial charge in [-0.15, -0.1) is 11.6 Å². The van der Waals surface area contributed by atoms with Gasteiger partial charge in [0.15, 0.2) is 0 Å². The maximum absolute atomic E-state index is 9.36. The summed E-state index contributed by atoms with van der Waals surface area (Å²) < 4.78 is 0. The molecule has 0 spiro atoms. The van der Waals surface area contributed by atoms with Gasteiger partial charge in [0, 0.05) is 16.5 Å². The zero-order chi connectivity index (χ0) is 9.14. The number of hydrogen-bond acceptors (Lipinski definition) is 1. The Morgan fingerprint density at radius 1 is 1.50 bits per heavy atom. The Kier molecular flexibility index (Phi) is 3.01. The SMILES string of the molecule is C=C(CCl)c1cc(Cl)ccc1O. The van der Waals surface area contributed by atoms with Gasteiger partial charge < -0.3 is 5.11 Å². The van der Waals surface area contributed by atoms with Crippen molar-refractivity contribution in [3.8, 4) is 5.75 Å². The molecule has 0 aliphatic heterocycles. The molecule has 0 aliphatic carbocycles. The molecule has 0 amide bonds. The molecule has 12 heavy (non-hydrogen) atoms. The maximum atomic E-state index is 9.36. The predicted molar refractivity (Wildman–Crippen MR) is 52.9 cm³/mol. The minimum Gasteiger partial charge on any atom is -0.507 e. The van der Waals surface area contributed by atoms with E-state index in [2.05, 4.69) is 6.58 Å². The normalized spacial score (nSPS) is 9.83. The van der Waals surface area contributed by atoms with E-state index in [4.69, 9.17) is 23.2 Å². The molecule has 0 saturated carbocycles. The second-order valence-electron chi connectivity index (χ2n) is 2.40. The number of phenols is 1. The van der Waals surface area contributed by atoms with E-state index >= 15 is 0 Å².